The summed E-state index contributed by atoms with van der Waals surface area (Å²) in [6.45, 7) is 6.08. The third-order valence-electron chi connectivity index (χ3n) is 6.13. The number of nitrogens with one attached hydrogen (secondary N) is 2. The Hall–Kier alpha value is -2.45. The molecule has 1 aliphatic carbocycles. The van der Waals surface area contributed by atoms with Gasteiger partial charge in [0, 0.05) is 49.3 Å². The van der Waals surface area contributed by atoms with Crippen LogP contribution in [0.3, 0.4) is 0 Å². The van der Waals surface area contributed by atoms with Gasteiger partial charge in [-0.2, -0.15) is 4.98 Å². The molecular weight excluding hydrogens is 409 g/mol. The molecule has 1 saturated heterocycles. The molecule has 1 aromatic carbocycles. The Morgan fingerprint density at radius 1 is 1.12 bits per heavy atom. The van der Waals surface area contributed by atoms with E-state index in [1.165, 1.54) is 5.69 Å². The second-order valence-corrected chi connectivity index (χ2v) is 8.71. The van der Waals surface area contributed by atoms with Crippen LogP contribution < -0.4 is 20.3 Å². The molecule has 1 saturated carbocycles. The minimum absolute atomic E-state index is 0.425. The van der Waals surface area contributed by atoms with Crippen molar-refractivity contribution in [1.82, 2.24) is 15.3 Å². The summed E-state index contributed by atoms with van der Waals surface area (Å²) in [6, 6.07) is 10.5. The van der Waals surface area contributed by atoms with Gasteiger partial charge in [-0.05, 0) is 62.8 Å². The van der Waals surface area contributed by atoms with Crippen LogP contribution in [0.5, 0.6) is 5.88 Å². The molecule has 2 N–H and O–H groups in total. The lowest BCUT2D eigenvalue weighted by atomic mass is 9.86. The fraction of sp³-hybridized carbons (Fsp3) is 0.583. The Morgan fingerprint density at radius 3 is 2.59 bits per heavy atom. The molecule has 0 amide bonds. The van der Waals surface area contributed by atoms with E-state index < -0.39 is 6.17 Å². The third kappa shape index (κ3) is 6.77. The van der Waals surface area contributed by atoms with Crippen LogP contribution in [-0.2, 0) is 4.74 Å². The Labute approximate surface area is 189 Å². The number of halogens is 1. The lowest BCUT2D eigenvalue weighted by Crippen LogP contribution is -2.37. The van der Waals surface area contributed by atoms with Gasteiger partial charge >= 0.3 is 0 Å². The van der Waals surface area contributed by atoms with Crippen molar-refractivity contribution in [2.45, 2.75) is 44.8 Å². The second-order valence-electron chi connectivity index (χ2n) is 8.71. The summed E-state index contributed by atoms with van der Waals surface area (Å²) in [5.41, 5.74) is 2.13. The molecule has 1 aromatic heterocycles. The zero-order chi connectivity index (χ0) is 22.2. The number of ether oxygens (including phenoxy) is 2. The van der Waals surface area contributed by atoms with Gasteiger partial charge in [0.25, 0.3) is 0 Å². The molecule has 1 aliphatic heterocycles. The third-order valence-corrected chi connectivity index (χ3v) is 6.13. The van der Waals surface area contributed by atoms with E-state index in [9.17, 15) is 4.39 Å². The van der Waals surface area contributed by atoms with E-state index in [4.69, 9.17) is 9.47 Å². The number of benzene rings is 1. The molecule has 2 heterocycles. The topological polar surface area (TPSA) is 71.5 Å². The summed E-state index contributed by atoms with van der Waals surface area (Å²) in [6.07, 6.45) is 5.23. The highest BCUT2D eigenvalue weighted by Gasteiger charge is 2.22. The van der Waals surface area contributed by atoms with Gasteiger partial charge in [0.2, 0.25) is 11.8 Å². The molecule has 0 spiro atoms. The number of hydrogen-bond donors (Lipinski definition) is 2. The van der Waals surface area contributed by atoms with Crippen molar-refractivity contribution in [3.8, 4) is 5.88 Å². The monoisotopic (exact) mass is 443 g/mol. The lowest BCUT2D eigenvalue weighted by molar-refractivity contribution is 0.122. The van der Waals surface area contributed by atoms with Crippen LogP contribution in [0.25, 0.3) is 0 Å². The zero-order valence-corrected chi connectivity index (χ0v) is 18.8. The SMILES string of the molecule is CC(F)CN[C@H]1CC[C@H](COc2ccnc(Nc3ccc(N4CCOCC4)cc3)n2)CC1. The maximum absolute atomic E-state index is 13.0. The molecule has 2 aliphatic rings. The van der Waals surface area contributed by atoms with Crippen molar-refractivity contribution in [2.75, 3.05) is 49.7 Å². The first-order valence-electron chi connectivity index (χ1n) is 11.7. The Bertz CT molecular complexity index is 821. The van der Waals surface area contributed by atoms with Gasteiger partial charge in [-0.15, -0.1) is 0 Å². The largest absolute Gasteiger partial charge is 0.477 e. The number of hydrogen-bond acceptors (Lipinski definition) is 7. The van der Waals surface area contributed by atoms with Gasteiger partial charge in [0.05, 0.1) is 19.8 Å². The molecule has 0 radical (unpaired) electrons. The Balaban J connectivity index is 1.23. The first-order valence-corrected chi connectivity index (χ1v) is 11.7. The minimum atomic E-state index is -0.792. The quantitative estimate of drug-likeness (QED) is 0.608. The van der Waals surface area contributed by atoms with Crippen LogP contribution in [0.2, 0.25) is 0 Å². The summed E-state index contributed by atoms with van der Waals surface area (Å²) < 4.78 is 24.4. The Morgan fingerprint density at radius 2 is 1.88 bits per heavy atom. The predicted octanol–water partition coefficient (Wildman–Crippen LogP) is 3.94. The number of nitrogens with zero attached hydrogens (tertiary/aromatic N) is 3. The molecule has 1 unspecified atom stereocenters. The highest BCUT2D eigenvalue weighted by atomic mass is 19.1. The summed E-state index contributed by atoms with van der Waals surface area (Å²) in [7, 11) is 0. The number of morpholine rings is 1. The number of rotatable bonds is 9. The van der Waals surface area contributed by atoms with E-state index in [2.05, 4.69) is 37.6 Å². The average molecular weight is 444 g/mol. The molecule has 2 aromatic rings. The van der Waals surface area contributed by atoms with Gasteiger partial charge in [-0.3, -0.25) is 0 Å². The number of anilines is 3. The second kappa shape index (κ2) is 11.4. The fourth-order valence-electron chi connectivity index (χ4n) is 4.25. The standard InChI is InChI=1S/C24H34FN5O2/c1-18(25)16-27-20-4-2-19(3-5-20)17-32-23-10-11-26-24(29-23)28-21-6-8-22(9-7-21)30-12-14-31-15-13-30/h6-11,18-20,27H,2-5,12-17H2,1H3,(H,26,28,29)/t18?,19-,20-. The highest BCUT2D eigenvalue weighted by molar-refractivity contribution is 5.59. The van der Waals surface area contributed by atoms with Crippen molar-refractivity contribution in [2.24, 2.45) is 5.92 Å². The summed E-state index contributed by atoms with van der Waals surface area (Å²) in [5.74, 6) is 1.61. The molecule has 8 heteroatoms. The van der Waals surface area contributed by atoms with Gasteiger partial charge in [-0.25, -0.2) is 9.37 Å². The van der Waals surface area contributed by atoms with Crippen molar-refractivity contribution < 1.29 is 13.9 Å². The number of aromatic nitrogens is 2. The molecule has 2 fully saturated rings. The van der Waals surface area contributed by atoms with Crippen LogP contribution >= 0.6 is 0 Å². The molecular formula is C24H34FN5O2. The van der Waals surface area contributed by atoms with Crippen LogP contribution in [0.1, 0.15) is 32.6 Å². The van der Waals surface area contributed by atoms with E-state index in [1.54, 1.807) is 19.2 Å². The molecule has 7 nitrogen and oxygen atoms in total. The first-order chi connectivity index (χ1) is 15.7. The predicted molar refractivity (Wildman–Crippen MR) is 125 cm³/mol. The summed E-state index contributed by atoms with van der Waals surface area (Å²) in [4.78, 5) is 11.1. The average Bonchev–Trinajstić information content (AvgIpc) is 2.83. The first kappa shape index (κ1) is 22.7. The molecule has 32 heavy (non-hydrogen) atoms. The van der Waals surface area contributed by atoms with Gasteiger partial charge in [-0.1, -0.05) is 0 Å². The maximum atomic E-state index is 13.0. The smallest absolute Gasteiger partial charge is 0.230 e. The van der Waals surface area contributed by atoms with E-state index in [0.717, 1.165) is 57.7 Å². The van der Waals surface area contributed by atoms with Crippen molar-refractivity contribution >= 4 is 17.3 Å². The zero-order valence-electron chi connectivity index (χ0n) is 18.8. The van der Waals surface area contributed by atoms with Gasteiger partial charge in [0.15, 0.2) is 0 Å². The Kier molecular flexibility index (Phi) is 8.12. The minimum Gasteiger partial charge on any atom is -0.477 e. The molecule has 1 atom stereocenters. The summed E-state index contributed by atoms with van der Waals surface area (Å²) in [5, 5.41) is 6.57. The van der Waals surface area contributed by atoms with Gasteiger partial charge in [0.1, 0.15) is 6.17 Å². The van der Waals surface area contributed by atoms with E-state index in [-0.39, 0.29) is 0 Å². The van der Waals surface area contributed by atoms with Crippen LogP contribution in [0, 0.1) is 5.92 Å². The van der Waals surface area contributed by atoms with Crippen molar-refractivity contribution in [3.05, 3.63) is 36.5 Å². The fourth-order valence-corrected chi connectivity index (χ4v) is 4.25. The van der Waals surface area contributed by atoms with Crippen LogP contribution in [0.4, 0.5) is 21.7 Å². The molecule has 174 valence electrons. The lowest BCUT2D eigenvalue weighted by Gasteiger charge is -2.29. The van der Waals surface area contributed by atoms with Crippen molar-refractivity contribution in [1.29, 1.82) is 0 Å². The van der Waals surface area contributed by atoms with E-state index in [1.807, 2.05) is 12.1 Å². The normalized spacial score (nSPS) is 22.4. The number of alkyl halides is 1. The maximum Gasteiger partial charge on any atom is 0.230 e. The van der Waals surface area contributed by atoms with Crippen molar-refractivity contribution in [3.63, 3.8) is 0 Å². The van der Waals surface area contributed by atoms with E-state index >= 15 is 0 Å². The summed E-state index contributed by atoms with van der Waals surface area (Å²) >= 11 is 0. The van der Waals surface area contributed by atoms with E-state index in [0.29, 0.717) is 36.9 Å². The van der Waals surface area contributed by atoms with Crippen LogP contribution in [0.15, 0.2) is 36.5 Å². The van der Waals surface area contributed by atoms with Crippen LogP contribution in [-0.4, -0.2) is 61.6 Å². The van der Waals surface area contributed by atoms with Gasteiger partial charge < -0.3 is 25.0 Å². The molecule has 0 bridgehead atoms. The highest BCUT2D eigenvalue weighted by Crippen LogP contribution is 2.26. The molecule has 4 rings (SSSR count).